The highest BCUT2D eigenvalue weighted by atomic mass is 79.9. The van der Waals surface area contributed by atoms with Gasteiger partial charge in [-0.3, -0.25) is 9.59 Å². The molecule has 0 bridgehead atoms. The van der Waals surface area contributed by atoms with E-state index in [0.29, 0.717) is 43.7 Å². The molecular weight excluding hydrogens is 680 g/mol. The monoisotopic (exact) mass is 700 g/mol. The first kappa shape index (κ1) is 28.4. The number of carbonyl (C=O) groups is 1. The molecule has 6 rings (SSSR count). The summed E-state index contributed by atoms with van der Waals surface area (Å²) in [6, 6.07) is 27.0. The second kappa shape index (κ2) is 12.2. The summed E-state index contributed by atoms with van der Waals surface area (Å²) in [4.78, 5) is 31.1. The lowest BCUT2D eigenvalue weighted by atomic mass is 10.2. The molecule has 43 heavy (non-hydrogen) atoms. The van der Waals surface area contributed by atoms with Crippen LogP contribution < -0.4 is 20.3 Å². The first-order valence-electron chi connectivity index (χ1n) is 13.0. The third-order valence-corrected chi connectivity index (χ3v) is 7.39. The van der Waals surface area contributed by atoms with Crippen LogP contribution in [0.4, 0.5) is 5.69 Å². The summed E-state index contributed by atoms with van der Waals surface area (Å²) in [5.41, 5.74) is 1.86. The molecule has 4 aromatic carbocycles. The molecule has 2 heterocycles. The maximum Gasteiger partial charge on any atom is 0.282 e. The predicted molar refractivity (Wildman–Crippen MR) is 173 cm³/mol. The maximum atomic E-state index is 13.7. The van der Waals surface area contributed by atoms with Gasteiger partial charge in [0.05, 0.1) is 24.2 Å². The number of methoxy groups -OCH3 is 1. The molecule has 9 nitrogen and oxygen atoms in total. The van der Waals surface area contributed by atoms with Crippen LogP contribution in [0.5, 0.6) is 11.5 Å². The fourth-order valence-electron chi connectivity index (χ4n) is 4.48. The number of benzene rings is 4. The van der Waals surface area contributed by atoms with Crippen molar-refractivity contribution in [1.29, 1.82) is 0 Å². The van der Waals surface area contributed by atoms with E-state index in [1.54, 1.807) is 42.5 Å². The fraction of sp³-hybridized carbons (Fsp3) is 0.0625. The Morgan fingerprint density at radius 3 is 2.60 bits per heavy atom. The Bertz CT molecular complexity index is 2070. The largest absolute Gasteiger partial charge is 0.493 e. The molecule has 0 saturated carbocycles. The summed E-state index contributed by atoms with van der Waals surface area (Å²) in [6.45, 7) is -0.287. The van der Waals surface area contributed by atoms with Gasteiger partial charge in [0.15, 0.2) is 23.9 Å². The van der Waals surface area contributed by atoms with Gasteiger partial charge in [0.2, 0.25) is 5.82 Å². The number of para-hydroxylation sites is 2. The number of amides is 1. The number of anilines is 1. The highest BCUT2D eigenvalue weighted by Gasteiger charge is 2.18. The van der Waals surface area contributed by atoms with Gasteiger partial charge in [0, 0.05) is 25.6 Å². The van der Waals surface area contributed by atoms with Gasteiger partial charge in [0.25, 0.3) is 11.5 Å². The van der Waals surface area contributed by atoms with Crippen LogP contribution in [0.15, 0.2) is 114 Å². The molecule has 1 N–H and O–H groups in total. The van der Waals surface area contributed by atoms with Gasteiger partial charge in [-0.05, 0) is 60.7 Å². The van der Waals surface area contributed by atoms with E-state index in [9.17, 15) is 9.59 Å². The third kappa shape index (κ3) is 6.08. The molecule has 0 aliphatic carbocycles. The number of hydrogen-bond donors (Lipinski definition) is 1. The van der Waals surface area contributed by atoms with Crippen molar-refractivity contribution in [3.63, 3.8) is 0 Å². The number of nitrogens with one attached hydrogen (secondary N) is 1. The molecule has 0 radical (unpaired) electrons. The Kier molecular flexibility index (Phi) is 8.08. The Balaban J connectivity index is 1.41. The Morgan fingerprint density at radius 1 is 1.00 bits per heavy atom. The van der Waals surface area contributed by atoms with Crippen molar-refractivity contribution in [2.45, 2.75) is 0 Å². The lowest BCUT2D eigenvalue weighted by Crippen LogP contribution is -2.21. The zero-order valence-corrected chi connectivity index (χ0v) is 25.8. The summed E-state index contributed by atoms with van der Waals surface area (Å²) >= 11 is 6.97. The first-order chi connectivity index (χ1) is 20.9. The molecule has 2 aromatic heterocycles. The van der Waals surface area contributed by atoms with Crippen LogP contribution in [0.1, 0.15) is 5.56 Å². The lowest BCUT2D eigenvalue weighted by molar-refractivity contribution is -0.118. The number of furan rings is 1. The minimum absolute atomic E-state index is 0.221. The third-order valence-electron chi connectivity index (χ3n) is 6.44. The fourth-order valence-corrected chi connectivity index (χ4v) is 5.32. The van der Waals surface area contributed by atoms with Crippen LogP contribution in [-0.4, -0.2) is 35.5 Å². The molecule has 0 atom stereocenters. The number of rotatable bonds is 8. The van der Waals surface area contributed by atoms with Crippen LogP contribution in [0, 0.1) is 0 Å². The van der Waals surface area contributed by atoms with E-state index in [2.05, 4.69) is 42.3 Å². The van der Waals surface area contributed by atoms with E-state index in [1.807, 2.05) is 48.5 Å². The van der Waals surface area contributed by atoms with Crippen molar-refractivity contribution in [3.05, 3.63) is 116 Å². The quantitative estimate of drug-likeness (QED) is 0.168. The minimum Gasteiger partial charge on any atom is -0.493 e. The van der Waals surface area contributed by atoms with Crippen molar-refractivity contribution < 1.29 is 18.7 Å². The molecule has 0 fully saturated rings. The summed E-state index contributed by atoms with van der Waals surface area (Å²) in [6.07, 6.45) is 1.46. The average Bonchev–Trinajstić information content (AvgIpc) is 3.43. The predicted octanol–water partition coefficient (Wildman–Crippen LogP) is 7.24. The van der Waals surface area contributed by atoms with Crippen molar-refractivity contribution in [3.8, 4) is 23.1 Å². The number of carbonyl (C=O) groups excluding carboxylic acids is 1. The normalized spacial score (nSPS) is 11.3. The molecule has 0 aliphatic heterocycles. The van der Waals surface area contributed by atoms with Gasteiger partial charge in [-0.2, -0.15) is 9.78 Å². The zero-order chi connectivity index (χ0) is 29.9. The van der Waals surface area contributed by atoms with E-state index in [-0.39, 0.29) is 29.6 Å². The van der Waals surface area contributed by atoms with Crippen LogP contribution in [0.2, 0.25) is 0 Å². The number of hydrogen-bond acceptors (Lipinski definition) is 7. The number of nitrogens with zero attached hydrogens (tertiary/aromatic N) is 3. The minimum atomic E-state index is -0.384. The molecule has 6 aromatic rings. The summed E-state index contributed by atoms with van der Waals surface area (Å²) < 4.78 is 20.3. The van der Waals surface area contributed by atoms with Gasteiger partial charge in [0.1, 0.15) is 5.58 Å². The SMILES string of the molecule is COc1cc(Br)cc(C=Nn2c(-c3cc4cc(Br)ccc4o3)nc3ccccc3c2=O)c1OCC(=O)Nc1ccccc1. The molecule has 0 saturated heterocycles. The zero-order valence-electron chi connectivity index (χ0n) is 22.6. The van der Waals surface area contributed by atoms with Gasteiger partial charge < -0.3 is 19.2 Å². The van der Waals surface area contributed by atoms with Crippen molar-refractivity contribution in [2.75, 3.05) is 19.0 Å². The summed E-state index contributed by atoms with van der Waals surface area (Å²) in [5.74, 6) is 0.880. The van der Waals surface area contributed by atoms with Crippen LogP contribution in [0.25, 0.3) is 33.5 Å². The van der Waals surface area contributed by atoms with Crippen molar-refractivity contribution in [1.82, 2.24) is 9.66 Å². The van der Waals surface area contributed by atoms with Gasteiger partial charge >= 0.3 is 0 Å². The smallest absolute Gasteiger partial charge is 0.282 e. The van der Waals surface area contributed by atoms with E-state index >= 15 is 0 Å². The van der Waals surface area contributed by atoms with Crippen molar-refractivity contribution in [2.24, 2.45) is 5.10 Å². The molecule has 0 unspecified atom stereocenters. The number of fused-ring (bicyclic) bond motifs is 2. The molecule has 0 spiro atoms. The van der Waals surface area contributed by atoms with Gasteiger partial charge in [-0.1, -0.05) is 62.2 Å². The van der Waals surface area contributed by atoms with Crippen LogP contribution in [-0.2, 0) is 4.79 Å². The molecule has 1 amide bonds. The highest BCUT2D eigenvalue weighted by molar-refractivity contribution is 9.10. The molecule has 214 valence electrons. The molecule has 0 aliphatic rings. The summed E-state index contributed by atoms with van der Waals surface area (Å²) in [7, 11) is 1.50. The second-order valence-corrected chi connectivity index (χ2v) is 11.2. The van der Waals surface area contributed by atoms with Crippen LogP contribution in [0.3, 0.4) is 0 Å². The van der Waals surface area contributed by atoms with E-state index in [0.717, 1.165) is 9.86 Å². The van der Waals surface area contributed by atoms with E-state index in [4.69, 9.17) is 18.9 Å². The Hall–Kier alpha value is -4.74. The van der Waals surface area contributed by atoms with Crippen molar-refractivity contribution >= 4 is 71.5 Å². The molecule has 11 heteroatoms. The topological polar surface area (TPSA) is 108 Å². The Morgan fingerprint density at radius 2 is 1.79 bits per heavy atom. The second-order valence-electron chi connectivity index (χ2n) is 9.34. The number of ether oxygens (including phenoxy) is 2. The van der Waals surface area contributed by atoms with E-state index < -0.39 is 0 Å². The average molecular weight is 702 g/mol. The van der Waals surface area contributed by atoms with E-state index in [1.165, 1.54) is 18.0 Å². The van der Waals surface area contributed by atoms with Gasteiger partial charge in [-0.25, -0.2) is 4.98 Å². The lowest BCUT2D eigenvalue weighted by Gasteiger charge is -2.14. The molecular formula is C32H22Br2N4O5. The number of halogens is 2. The first-order valence-corrected chi connectivity index (χ1v) is 14.6. The maximum absolute atomic E-state index is 13.7. The van der Waals surface area contributed by atoms with Crippen LogP contribution >= 0.6 is 31.9 Å². The summed E-state index contributed by atoms with van der Waals surface area (Å²) in [5, 5.41) is 8.57. The number of aromatic nitrogens is 2. The Labute approximate surface area is 262 Å². The standard InChI is InChI=1S/C32H22Br2N4O5/c1-41-27-16-22(34)14-20(30(27)42-18-29(39)36-23-7-3-2-4-8-23)17-35-38-31(37-25-10-6-5-9-24(25)32(38)40)28-15-19-13-21(33)11-12-26(19)43-28/h2-17H,18H2,1H3,(H,36,39). The van der Waals surface area contributed by atoms with Gasteiger partial charge in [-0.15, -0.1) is 0 Å². The highest BCUT2D eigenvalue weighted by Crippen LogP contribution is 2.34.